The number of aryl methyl sites for hydroxylation is 2. The van der Waals surface area contributed by atoms with E-state index >= 15 is 0 Å². The molecule has 2 aromatic carbocycles. The number of nitrogens with one attached hydrogen (secondary N) is 1. The van der Waals surface area contributed by atoms with Crippen molar-refractivity contribution >= 4 is 21.4 Å². The van der Waals surface area contributed by atoms with Crippen molar-refractivity contribution in [3.8, 4) is 0 Å². The fraction of sp³-hybridized carbons (Fsp3) is 0.409. The predicted octanol–water partition coefficient (Wildman–Crippen LogP) is 3.50. The lowest BCUT2D eigenvalue weighted by Gasteiger charge is -2.23. The SMILES string of the molecule is CCN(CCCNC(=O)CCS(=O)(=O)c1ccc(C)cc1)c1cccc(C)c1. The Morgan fingerprint density at radius 3 is 2.39 bits per heavy atom. The first-order chi connectivity index (χ1) is 13.3. The zero-order valence-corrected chi connectivity index (χ0v) is 17.8. The van der Waals surface area contributed by atoms with Crippen LogP contribution in [0.2, 0.25) is 0 Å². The van der Waals surface area contributed by atoms with Gasteiger partial charge in [0.1, 0.15) is 0 Å². The maximum Gasteiger partial charge on any atom is 0.221 e. The molecule has 0 saturated heterocycles. The van der Waals surface area contributed by atoms with E-state index in [0.717, 1.165) is 25.1 Å². The van der Waals surface area contributed by atoms with Crippen LogP contribution in [0.15, 0.2) is 53.4 Å². The first-order valence-electron chi connectivity index (χ1n) is 9.69. The summed E-state index contributed by atoms with van der Waals surface area (Å²) in [7, 11) is -3.43. The van der Waals surface area contributed by atoms with Crippen LogP contribution < -0.4 is 10.2 Å². The van der Waals surface area contributed by atoms with E-state index in [1.807, 2.05) is 13.0 Å². The number of amides is 1. The minimum Gasteiger partial charge on any atom is -0.372 e. The molecule has 5 nitrogen and oxygen atoms in total. The molecule has 0 fully saturated rings. The van der Waals surface area contributed by atoms with Gasteiger partial charge in [0.15, 0.2) is 9.84 Å². The highest BCUT2D eigenvalue weighted by molar-refractivity contribution is 7.91. The lowest BCUT2D eigenvalue weighted by atomic mass is 10.2. The number of carbonyl (C=O) groups excluding carboxylic acids is 1. The Morgan fingerprint density at radius 1 is 1.04 bits per heavy atom. The summed E-state index contributed by atoms with van der Waals surface area (Å²) in [5, 5.41) is 2.83. The van der Waals surface area contributed by atoms with Crippen molar-refractivity contribution in [1.82, 2.24) is 5.32 Å². The maximum atomic E-state index is 12.3. The lowest BCUT2D eigenvalue weighted by Crippen LogP contribution is -2.30. The highest BCUT2D eigenvalue weighted by Crippen LogP contribution is 2.16. The van der Waals surface area contributed by atoms with Gasteiger partial charge in [0.25, 0.3) is 0 Å². The van der Waals surface area contributed by atoms with Crippen LogP contribution >= 0.6 is 0 Å². The molecule has 0 spiro atoms. The number of carbonyl (C=O) groups is 1. The number of rotatable bonds is 10. The van der Waals surface area contributed by atoms with Crippen molar-refractivity contribution in [1.29, 1.82) is 0 Å². The second kappa shape index (κ2) is 10.3. The van der Waals surface area contributed by atoms with Crippen molar-refractivity contribution < 1.29 is 13.2 Å². The Bertz CT molecular complexity index is 877. The van der Waals surface area contributed by atoms with Gasteiger partial charge >= 0.3 is 0 Å². The number of sulfone groups is 1. The van der Waals surface area contributed by atoms with Crippen LogP contribution in [-0.2, 0) is 14.6 Å². The fourth-order valence-corrected chi connectivity index (χ4v) is 4.21. The molecule has 0 atom stereocenters. The zero-order valence-electron chi connectivity index (χ0n) is 16.9. The molecule has 0 aliphatic carbocycles. The molecule has 0 radical (unpaired) electrons. The number of hydrogen-bond donors (Lipinski definition) is 1. The molecule has 6 heteroatoms. The van der Waals surface area contributed by atoms with Crippen LogP contribution in [-0.4, -0.2) is 39.7 Å². The van der Waals surface area contributed by atoms with E-state index in [2.05, 4.69) is 42.3 Å². The van der Waals surface area contributed by atoms with E-state index in [9.17, 15) is 13.2 Å². The van der Waals surface area contributed by atoms with Crippen LogP contribution in [0, 0.1) is 13.8 Å². The van der Waals surface area contributed by atoms with Crippen molar-refractivity contribution in [2.75, 3.05) is 30.3 Å². The number of nitrogens with zero attached hydrogens (tertiary/aromatic N) is 1. The third-order valence-corrected chi connectivity index (χ3v) is 6.39. The fourth-order valence-electron chi connectivity index (χ4n) is 2.97. The van der Waals surface area contributed by atoms with Gasteiger partial charge in [0.2, 0.25) is 5.91 Å². The Morgan fingerprint density at radius 2 is 1.75 bits per heavy atom. The maximum absolute atomic E-state index is 12.3. The Labute approximate surface area is 168 Å². The van der Waals surface area contributed by atoms with Crippen molar-refractivity contribution in [3.05, 3.63) is 59.7 Å². The molecule has 0 aliphatic heterocycles. The molecular formula is C22H30N2O3S. The zero-order chi connectivity index (χ0) is 20.6. The van der Waals surface area contributed by atoms with Crippen LogP contribution in [0.5, 0.6) is 0 Å². The highest BCUT2D eigenvalue weighted by atomic mass is 32.2. The topological polar surface area (TPSA) is 66.5 Å². The second-order valence-electron chi connectivity index (χ2n) is 7.00. The van der Waals surface area contributed by atoms with E-state index in [0.29, 0.717) is 6.54 Å². The summed E-state index contributed by atoms with van der Waals surface area (Å²) in [5.41, 5.74) is 3.40. The van der Waals surface area contributed by atoms with Crippen LogP contribution in [0.25, 0.3) is 0 Å². The number of anilines is 1. The first kappa shape index (κ1) is 22.0. The quantitative estimate of drug-likeness (QED) is 0.618. The van der Waals surface area contributed by atoms with Crippen molar-refractivity contribution in [2.45, 2.75) is 38.5 Å². The van der Waals surface area contributed by atoms with Crippen molar-refractivity contribution in [2.24, 2.45) is 0 Å². The van der Waals surface area contributed by atoms with E-state index in [4.69, 9.17) is 0 Å². The van der Waals surface area contributed by atoms with Crippen LogP contribution in [0.4, 0.5) is 5.69 Å². The van der Waals surface area contributed by atoms with Gasteiger partial charge in [0, 0.05) is 31.7 Å². The smallest absolute Gasteiger partial charge is 0.221 e. The lowest BCUT2D eigenvalue weighted by molar-refractivity contribution is -0.120. The Balaban J connectivity index is 1.74. The average molecular weight is 403 g/mol. The Hall–Kier alpha value is -2.34. The third-order valence-electron chi connectivity index (χ3n) is 4.65. The van der Waals surface area contributed by atoms with Gasteiger partial charge in [-0.3, -0.25) is 4.79 Å². The molecule has 1 N–H and O–H groups in total. The van der Waals surface area contributed by atoms with E-state index in [1.54, 1.807) is 24.3 Å². The largest absolute Gasteiger partial charge is 0.372 e. The predicted molar refractivity (Wildman–Crippen MR) is 115 cm³/mol. The first-order valence-corrected chi connectivity index (χ1v) is 11.3. The van der Waals surface area contributed by atoms with Gasteiger partial charge in [-0.1, -0.05) is 29.8 Å². The second-order valence-corrected chi connectivity index (χ2v) is 9.11. The normalized spacial score (nSPS) is 11.2. The molecule has 0 saturated carbocycles. The highest BCUT2D eigenvalue weighted by Gasteiger charge is 2.16. The molecule has 0 heterocycles. The summed E-state index contributed by atoms with van der Waals surface area (Å²) in [4.78, 5) is 14.5. The van der Waals surface area contributed by atoms with Gasteiger partial charge in [-0.2, -0.15) is 0 Å². The number of benzene rings is 2. The van der Waals surface area contributed by atoms with Crippen LogP contribution in [0.3, 0.4) is 0 Å². The summed E-state index contributed by atoms with van der Waals surface area (Å²) in [6.07, 6.45) is 0.782. The van der Waals surface area contributed by atoms with Crippen molar-refractivity contribution in [3.63, 3.8) is 0 Å². The molecule has 28 heavy (non-hydrogen) atoms. The number of hydrogen-bond acceptors (Lipinski definition) is 4. The summed E-state index contributed by atoms with van der Waals surface area (Å²) in [5.74, 6) is -0.402. The molecule has 152 valence electrons. The minimum atomic E-state index is -3.43. The Kier molecular flexibility index (Phi) is 8.05. The monoisotopic (exact) mass is 402 g/mol. The van der Waals surface area contributed by atoms with Gasteiger partial charge in [0.05, 0.1) is 10.6 Å². The van der Waals surface area contributed by atoms with Gasteiger partial charge in [-0.05, 0) is 57.0 Å². The molecule has 2 rings (SSSR count). The molecule has 0 unspecified atom stereocenters. The van der Waals surface area contributed by atoms with E-state index in [1.165, 1.54) is 11.3 Å². The standard InChI is InChI=1S/C22H30N2O3S/c1-4-24(20-8-5-7-19(3)17-20)15-6-14-23-22(25)13-16-28(26,27)21-11-9-18(2)10-12-21/h5,7-12,17H,4,6,13-16H2,1-3H3,(H,23,25). The molecular weight excluding hydrogens is 372 g/mol. The summed E-state index contributed by atoms with van der Waals surface area (Å²) >= 11 is 0. The van der Waals surface area contributed by atoms with Gasteiger partial charge < -0.3 is 10.2 Å². The summed E-state index contributed by atoms with van der Waals surface area (Å²) in [6.45, 7) is 8.35. The average Bonchev–Trinajstić information content (AvgIpc) is 2.67. The third kappa shape index (κ3) is 6.68. The summed E-state index contributed by atoms with van der Waals surface area (Å²) in [6, 6.07) is 15.1. The molecule has 0 bridgehead atoms. The molecule has 1 amide bonds. The summed E-state index contributed by atoms with van der Waals surface area (Å²) < 4.78 is 24.6. The molecule has 0 aromatic heterocycles. The van der Waals surface area contributed by atoms with Gasteiger partial charge in [-0.15, -0.1) is 0 Å². The van der Waals surface area contributed by atoms with Crippen LogP contribution in [0.1, 0.15) is 30.9 Å². The van der Waals surface area contributed by atoms with E-state index in [-0.39, 0.29) is 23.0 Å². The molecule has 2 aromatic rings. The minimum absolute atomic E-state index is 0.0222. The van der Waals surface area contributed by atoms with E-state index < -0.39 is 9.84 Å². The molecule has 0 aliphatic rings. The van der Waals surface area contributed by atoms with Gasteiger partial charge in [-0.25, -0.2) is 8.42 Å².